The summed E-state index contributed by atoms with van der Waals surface area (Å²) in [6.45, 7) is 5.16. The summed E-state index contributed by atoms with van der Waals surface area (Å²) in [4.78, 5) is 25.5. The van der Waals surface area contributed by atoms with Crippen molar-refractivity contribution in [1.29, 1.82) is 0 Å². The first kappa shape index (κ1) is 16.9. The van der Waals surface area contributed by atoms with E-state index in [9.17, 15) is 4.79 Å². The lowest BCUT2D eigenvalue weighted by molar-refractivity contribution is -0.138. The molecule has 2 aliphatic rings. The highest BCUT2D eigenvalue weighted by Crippen LogP contribution is 2.40. The third-order valence-electron chi connectivity index (χ3n) is 5.48. The second kappa shape index (κ2) is 6.97. The molecule has 1 atom stereocenters. The Hall–Kier alpha value is -2.57. The molecule has 0 aliphatic carbocycles. The molecule has 1 unspecified atom stereocenters. The lowest BCUT2D eigenvalue weighted by Crippen LogP contribution is -2.54. The normalized spacial score (nSPS) is 23.5. The first-order valence-electron chi connectivity index (χ1n) is 9.22. The predicted molar refractivity (Wildman–Crippen MR) is 97.3 cm³/mol. The first-order chi connectivity index (χ1) is 12.6. The summed E-state index contributed by atoms with van der Waals surface area (Å²) < 4.78 is 0. The summed E-state index contributed by atoms with van der Waals surface area (Å²) in [7, 11) is 0. The van der Waals surface area contributed by atoms with Crippen molar-refractivity contribution in [3.05, 3.63) is 42.1 Å². The number of anilines is 1. The SMILES string of the molecule is Cc1cnc(CN2CC3(CCCN(c4cccnn4)C3)CCC2=O)cn1. The molecule has 1 spiro atoms. The molecule has 0 bridgehead atoms. The van der Waals surface area contributed by atoms with Crippen LogP contribution >= 0.6 is 0 Å². The van der Waals surface area contributed by atoms with Crippen molar-refractivity contribution in [3.63, 3.8) is 0 Å². The Morgan fingerprint density at radius 3 is 2.88 bits per heavy atom. The van der Waals surface area contributed by atoms with E-state index in [-0.39, 0.29) is 11.3 Å². The van der Waals surface area contributed by atoms with Gasteiger partial charge in [-0.15, -0.1) is 5.10 Å². The van der Waals surface area contributed by atoms with Crippen LogP contribution in [0, 0.1) is 12.3 Å². The molecular formula is C19H24N6O. The predicted octanol–water partition coefficient (Wildman–Crippen LogP) is 1.98. The number of aryl methyl sites for hydroxylation is 1. The van der Waals surface area contributed by atoms with E-state index in [0.717, 1.165) is 56.1 Å². The highest BCUT2D eigenvalue weighted by molar-refractivity contribution is 5.77. The molecule has 0 saturated carbocycles. The third kappa shape index (κ3) is 3.52. The largest absolute Gasteiger partial charge is 0.355 e. The summed E-state index contributed by atoms with van der Waals surface area (Å²) >= 11 is 0. The zero-order valence-electron chi connectivity index (χ0n) is 15.1. The Morgan fingerprint density at radius 1 is 1.19 bits per heavy atom. The van der Waals surface area contributed by atoms with E-state index in [1.165, 1.54) is 0 Å². The molecule has 0 aromatic carbocycles. The number of amides is 1. The molecule has 2 aromatic rings. The minimum Gasteiger partial charge on any atom is -0.355 e. The van der Waals surface area contributed by atoms with Crippen LogP contribution in [0.4, 0.5) is 5.82 Å². The minimum absolute atomic E-state index is 0.127. The van der Waals surface area contributed by atoms with Gasteiger partial charge in [0.2, 0.25) is 5.91 Å². The van der Waals surface area contributed by atoms with Gasteiger partial charge in [-0.05, 0) is 38.3 Å². The number of rotatable bonds is 3. The fourth-order valence-corrected chi connectivity index (χ4v) is 4.14. The average Bonchev–Trinajstić information content (AvgIpc) is 2.68. The number of piperidine rings is 2. The molecule has 2 saturated heterocycles. The number of hydrogen-bond donors (Lipinski definition) is 0. The summed E-state index contributed by atoms with van der Waals surface area (Å²) in [5.74, 6) is 1.15. The number of aromatic nitrogens is 4. The van der Waals surface area contributed by atoms with Crippen LogP contribution in [0.15, 0.2) is 30.7 Å². The van der Waals surface area contributed by atoms with Crippen molar-refractivity contribution in [1.82, 2.24) is 25.1 Å². The van der Waals surface area contributed by atoms with Gasteiger partial charge in [-0.25, -0.2) is 0 Å². The van der Waals surface area contributed by atoms with Crippen molar-refractivity contribution in [2.24, 2.45) is 5.41 Å². The molecule has 1 amide bonds. The van der Waals surface area contributed by atoms with Gasteiger partial charge in [0.05, 0.1) is 24.1 Å². The van der Waals surface area contributed by atoms with Crippen LogP contribution < -0.4 is 4.90 Å². The maximum Gasteiger partial charge on any atom is 0.222 e. The lowest BCUT2D eigenvalue weighted by Gasteiger charge is -2.48. The van der Waals surface area contributed by atoms with Crippen molar-refractivity contribution in [3.8, 4) is 0 Å². The fraction of sp³-hybridized carbons (Fsp3) is 0.526. The molecule has 7 heteroatoms. The van der Waals surface area contributed by atoms with Crippen LogP contribution in [-0.2, 0) is 11.3 Å². The van der Waals surface area contributed by atoms with Crippen molar-refractivity contribution < 1.29 is 4.79 Å². The molecular weight excluding hydrogens is 328 g/mol. The summed E-state index contributed by atoms with van der Waals surface area (Å²) in [6.07, 6.45) is 9.04. The minimum atomic E-state index is 0.127. The van der Waals surface area contributed by atoms with Gasteiger partial charge < -0.3 is 9.80 Å². The Bertz CT molecular complexity index is 765. The number of nitrogens with zero attached hydrogens (tertiary/aromatic N) is 6. The number of likely N-dealkylation sites (tertiary alicyclic amines) is 1. The second-order valence-corrected chi connectivity index (χ2v) is 7.51. The molecule has 4 heterocycles. The lowest BCUT2D eigenvalue weighted by atomic mass is 9.73. The Balaban J connectivity index is 1.49. The van der Waals surface area contributed by atoms with Crippen molar-refractivity contribution >= 4 is 11.7 Å². The molecule has 2 aliphatic heterocycles. The maximum atomic E-state index is 12.5. The Morgan fingerprint density at radius 2 is 2.12 bits per heavy atom. The van der Waals surface area contributed by atoms with Gasteiger partial charge >= 0.3 is 0 Å². The third-order valence-corrected chi connectivity index (χ3v) is 5.48. The van der Waals surface area contributed by atoms with Gasteiger partial charge in [-0.3, -0.25) is 14.8 Å². The van der Waals surface area contributed by atoms with Crippen molar-refractivity contribution in [2.75, 3.05) is 24.5 Å². The van der Waals surface area contributed by atoms with Gasteiger partial charge in [0.25, 0.3) is 0 Å². The molecule has 136 valence electrons. The Labute approximate surface area is 153 Å². The van der Waals surface area contributed by atoms with Gasteiger partial charge in [-0.1, -0.05) is 0 Å². The Kier molecular flexibility index (Phi) is 4.53. The molecule has 26 heavy (non-hydrogen) atoms. The van der Waals surface area contributed by atoms with E-state index in [2.05, 4.69) is 25.1 Å². The highest BCUT2D eigenvalue weighted by Gasteiger charge is 2.42. The quantitative estimate of drug-likeness (QED) is 0.841. The van der Waals surface area contributed by atoms with Gasteiger partial charge in [-0.2, -0.15) is 5.10 Å². The van der Waals surface area contributed by atoms with Gasteiger partial charge in [0.15, 0.2) is 5.82 Å². The van der Waals surface area contributed by atoms with Gasteiger partial charge in [0, 0.05) is 43.9 Å². The van der Waals surface area contributed by atoms with Crippen LogP contribution in [0.1, 0.15) is 37.1 Å². The van der Waals surface area contributed by atoms with Crippen LogP contribution in [0.3, 0.4) is 0 Å². The van der Waals surface area contributed by atoms with Crippen LogP contribution in [0.5, 0.6) is 0 Å². The molecule has 7 nitrogen and oxygen atoms in total. The second-order valence-electron chi connectivity index (χ2n) is 7.51. The molecule has 4 rings (SSSR count). The van der Waals surface area contributed by atoms with Crippen LogP contribution in [-0.4, -0.2) is 50.6 Å². The maximum absolute atomic E-state index is 12.5. The number of hydrogen-bond acceptors (Lipinski definition) is 6. The molecule has 2 fully saturated rings. The summed E-state index contributed by atoms with van der Waals surface area (Å²) in [5.41, 5.74) is 1.87. The standard InChI is InChI=1S/C19H24N6O/c1-15-10-21-16(11-20-15)12-25-14-19(7-5-18(25)26)6-3-9-24(13-19)17-4-2-8-22-23-17/h2,4,8,10-11H,3,5-7,9,12-14H2,1H3. The van der Waals surface area contributed by atoms with E-state index in [1.54, 1.807) is 18.6 Å². The van der Waals surface area contributed by atoms with E-state index >= 15 is 0 Å². The first-order valence-corrected chi connectivity index (χ1v) is 9.22. The van der Waals surface area contributed by atoms with E-state index in [4.69, 9.17) is 0 Å². The van der Waals surface area contributed by atoms with Gasteiger partial charge in [0.1, 0.15) is 0 Å². The number of carbonyl (C=O) groups is 1. The molecule has 2 aromatic heterocycles. The topological polar surface area (TPSA) is 75.1 Å². The zero-order valence-corrected chi connectivity index (χ0v) is 15.1. The smallest absolute Gasteiger partial charge is 0.222 e. The van der Waals surface area contributed by atoms with Crippen LogP contribution in [0.2, 0.25) is 0 Å². The van der Waals surface area contributed by atoms with E-state index in [1.807, 2.05) is 24.0 Å². The fourth-order valence-electron chi connectivity index (χ4n) is 4.14. The van der Waals surface area contributed by atoms with Crippen LogP contribution in [0.25, 0.3) is 0 Å². The summed E-state index contributed by atoms with van der Waals surface area (Å²) in [5, 5.41) is 8.28. The van der Waals surface area contributed by atoms with E-state index < -0.39 is 0 Å². The van der Waals surface area contributed by atoms with E-state index in [0.29, 0.717) is 13.0 Å². The molecule has 0 radical (unpaired) electrons. The van der Waals surface area contributed by atoms with Crippen molar-refractivity contribution in [2.45, 2.75) is 39.2 Å². The number of carbonyl (C=O) groups excluding carboxylic acids is 1. The zero-order chi connectivity index (χ0) is 18.0. The molecule has 0 N–H and O–H groups in total. The highest BCUT2D eigenvalue weighted by atomic mass is 16.2. The summed E-state index contributed by atoms with van der Waals surface area (Å²) in [6, 6.07) is 3.94. The average molecular weight is 352 g/mol. The monoisotopic (exact) mass is 352 g/mol.